The second kappa shape index (κ2) is 18.0. The summed E-state index contributed by atoms with van der Waals surface area (Å²) in [7, 11) is -2.64. The Morgan fingerprint density at radius 3 is 1.71 bits per heavy atom. The van der Waals surface area contributed by atoms with Gasteiger partial charge in [-0.3, -0.25) is 4.79 Å². The molecule has 0 aliphatic heterocycles. The predicted octanol–water partition coefficient (Wildman–Crippen LogP) is 8.53. The van der Waals surface area contributed by atoms with Crippen molar-refractivity contribution >= 4 is 22.6 Å². The van der Waals surface area contributed by atoms with Crippen molar-refractivity contribution in [2.24, 2.45) is 23.5 Å². The smallest absolute Gasteiger partial charge is 0.308 e. The van der Waals surface area contributed by atoms with E-state index in [0.717, 1.165) is 6.42 Å². The van der Waals surface area contributed by atoms with E-state index in [9.17, 15) is 4.79 Å². The number of esters is 1. The van der Waals surface area contributed by atoms with Crippen LogP contribution in [0.15, 0.2) is 0 Å². The van der Waals surface area contributed by atoms with Crippen LogP contribution in [0.3, 0.4) is 0 Å². The number of methoxy groups -OCH3 is 1. The molecule has 0 heterocycles. The number of ether oxygens (including phenoxy) is 3. The van der Waals surface area contributed by atoms with Gasteiger partial charge in [0.15, 0.2) is 8.32 Å². The minimum absolute atomic E-state index is 0.00762. The Morgan fingerprint density at radius 2 is 1.33 bits per heavy atom. The monoisotopic (exact) mass is 633 g/mol. The Labute approximate surface area is 262 Å². The molecule has 252 valence electrons. The van der Waals surface area contributed by atoms with Gasteiger partial charge in [0.05, 0.1) is 12.5 Å². The van der Waals surface area contributed by atoms with E-state index in [4.69, 9.17) is 28.8 Å². The summed E-state index contributed by atoms with van der Waals surface area (Å²) in [6.07, 6.45) is -0.202. The van der Waals surface area contributed by atoms with Crippen LogP contribution in [0.5, 0.6) is 0 Å². The van der Waals surface area contributed by atoms with E-state index in [2.05, 4.69) is 110 Å². The van der Waals surface area contributed by atoms with Gasteiger partial charge in [-0.15, -0.1) is 0 Å². The number of carbonyl (C=O) groups is 1. The summed E-state index contributed by atoms with van der Waals surface area (Å²) >= 11 is 0. The van der Waals surface area contributed by atoms with Crippen molar-refractivity contribution in [1.82, 2.24) is 0 Å². The first-order valence-electron chi connectivity index (χ1n) is 16.5. The third-order valence-corrected chi connectivity index (χ3v) is 20.5. The van der Waals surface area contributed by atoms with Crippen molar-refractivity contribution in [3.05, 3.63) is 0 Å². The topological polar surface area (TPSA) is 89.2 Å². The first-order chi connectivity index (χ1) is 19.1. The summed E-state index contributed by atoms with van der Waals surface area (Å²) in [6.45, 7) is 35.9. The Morgan fingerprint density at radius 1 is 0.833 bits per heavy atom. The zero-order valence-corrected chi connectivity index (χ0v) is 32.6. The maximum atomic E-state index is 13.8. The highest BCUT2D eigenvalue weighted by Crippen LogP contribution is 2.44. The number of rotatable bonds is 20. The fourth-order valence-corrected chi connectivity index (χ4v) is 12.6. The van der Waals surface area contributed by atoms with Crippen LogP contribution in [0.1, 0.15) is 110 Å². The largest absolute Gasteiger partial charge is 0.459 e. The highest BCUT2D eigenvalue weighted by Gasteiger charge is 2.48. The molecule has 6 atom stereocenters. The standard InChI is InChI=1S/C33H71NO6Si2/c1-18-26(10)30(34)28(40-42(23(4)5,24(6)7)25(8)9)19-29(35)39-31(22(2)3)32(37-21-36-15)27(11)20-38-41(16,17)33(12,13)14/h22-28,30-32H,18-21,34H2,1-17H3/t26-,27-,28-,30+,31-,32-/m0/s1. The molecule has 0 saturated carbocycles. The van der Waals surface area contributed by atoms with Crippen LogP contribution in [-0.2, 0) is 27.9 Å². The van der Waals surface area contributed by atoms with Gasteiger partial charge >= 0.3 is 5.97 Å². The van der Waals surface area contributed by atoms with Gasteiger partial charge < -0.3 is 28.8 Å². The lowest BCUT2D eigenvalue weighted by atomic mass is 9.92. The quantitative estimate of drug-likeness (QED) is 0.0816. The van der Waals surface area contributed by atoms with Gasteiger partial charge in [-0.25, -0.2) is 0 Å². The molecule has 0 rings (SSSR count). The average molecular weight is 634 g/mol. The van der Waals surface area contributed by atoms with Crippen molar-refractivity contribution in [1.29, 1.82) is 0 Å². The Bertz CT molecular complexity index is 746. The molecular weight excluding hydrogens is 563 g/mol. The number of carbonyl (C=O) groups excluding carboxylic acids is 1. The van der Waals surface area contributed by atoms with Gasteiger partial charge in [0.1, 0.15) is 19.0 Å². The molecule has 0 bridgehead atoms. The molecule has 0 unspecified atom stereocenters. The lowest BCUT2D eigenvalue weighted by Crippen LogP contribution is -2.55. The van der Waals surface area contributed by atoms with Gasteiger partial charge in [0, 0.05) is 25.7 Å². The molecule has 2 N–H and O–H groups in total. The molecule has 0 aliphatic rings. The fourth-order valence-electron chi connectivity index (χ4n) is 5.89. The Kier molecular flexibility index (Phi) is 17.9. The van der Waals surface area contributed by atoms with E-state index in [-0.39, 0.29) is 54.1 Å². The summed E-state index contributed by atoms with van der Waals surface area (Å²) in [5.41, 5.74) is 8.00. The second-order valence-electron chi connectivity index (χ2n) is 15.4. The third kappa shape index (κ3) is 11.6. The second-order valence-corrected chi connectivity index (χ2v) is 25.6. The molecule has 0 fully saturated rings. The van der Waals surface area contributed by atoms with Crippen LogP contribution < -0.4 is 5.73 Å². The normalized spacial score (nSPS) is 18.0. The van der Waals surface area contributed by atoms with Crippen molar-refractivity contribution < 1.29 is 27.9 Å². The lowest BCUT2D eigenvalue weighted by Gasteiger charge is -2.46. The molecule has 9 heteroatoms. The van der Waals surface area contributed by atoms with Crippen molar-refractivity contribution in [3.63, 3.8) is 0 Å². The summed E-state index contributed by atoms with van der Waals surface area (Å²) in [6, 6.07) is -0.263. The van der Waals surface area contributed by atoms with Gasteiger partial charge in [0.25, 0.3) is 0 Å². The van der Waals surface area contributed by atoms with Gasteiger partial charge in [-0.1, -0.05) is 103 Å². The fraction of sp³-hybridized carbons (Fsp3) is 0.970. The van der Waals surface area contributed by atoms with E-state index in [1.807, 2.05) is 0 Å². The Balaban J connectivity index is 6.21. The number of hydrogen-bond donors (Lipinski definition) is 1. The van der Waals surface area contributed by atoms with Crippen LogP contribution >= 0.6 is 0 Å². The first kappa shape index (κ1) is 41.7. The maximum absolute atomic E-state index is 13.8. The zero-order chi connectivity index (χ0) is 33.2. The summed E-state index contributed by atoms with van der Waals surface area (Å²) in [5, 5.41) is 0.101. The van der Waals surface area contributed by atoms with Gasteiger partial charge in [0.2, 0.25) is 8.32 Å². The molecule has 0 amide bonds. The highest BCUT2D eigenvalue weighted by atomic mass is 28.4. The van der Waals surface area contributed by atoms with Crippen molar-refractivity contribution in [3.8, 4) is 0 Å². The van der Waals surface area contributed by atoms with Crippen LogP contribution in [0.25, 0.3) is 0 Å². The molecule has 7 nitrogen and oxygen atoms in total. The molecule has 0 spiro atoms. The van der Waals surface area contributed by atoms with Crippen molar-refractivity contribution in [2.45, 2.75) is 169 Å². The van der Waals surface area contributed by atoms with Gasteiger partial charge in [-0.05, 0) is 46.6 Å². The van der Waals surface area contributed by atoms with Crippen molar-refractivity contribution in [2.75, 3.05) is 20.5 Å². The van der Waals surface area contributed by atoms with E-state index in [1.165, 1.54) is 0 Å². The van der Waals surface area contributed by atoms with Gasteiger partial charge in [-0.2, -0.15) is 0 Å². The average Bonchev–Trinajstić information content (AvgIpc) is 2.86. The van der Waals surface area contributed by atoms with E-state index >= 15 is 0 Å². The third-order valence-electron chi connectivity index (χ3n) is 9.86. The summed E-state index contributed by atoms with van der Waals surface area (Å²) in [5.74, 6) is -0.0525. The van der Waals surface area contributed by atoms with Crippen LogP contribution in [-0.4, -0.2) is 67.5 Å². The first-order valence-corrected chi connectivity index (χ1v) is 21.5. The highest BCUT2D eigenvalue weighted by molar-refractivity contribution is 6.77. The van der Waals surface area contributed by atoms with E-state index < -0.39 is 28.8 Å². The predicted molar refractivity (Wildman–Crippen MR) is 182 cm³/mol. The minimum atomic E-state index is -2.28. The van der Waals surface area contributed by atoms with Crippen LogP contribution in [0, 0.1) is 17.8 Å². The van der Waals surface area contributed by atoms with Crippen LogP contribution in [0.4, 0.5) is 0 Å². The summed E-state index contributed by atoms with van der Waals surface area (Å²) in [4.78, 5) is 13.8. The maximum Gasteiger partial charge on any atom is 0.308 e. The Hall–Kier alpha value is -0.296. The molecule has 0 aromatic heterocycles. The molecule has 0 radical (unpaired) electrons. The van der Waals surface area contributed by atoms with Crippen LogP contribution in [0.2, 0.25) is 34.8 Å². The minimum Gasteiger partial charge on any atom is -0.459 e. The summed E-state index contributed by atoms with van der Waals surface area (Å²) < 4.78 is 31.5. The molecule has 0 aromatic carbocycles. The molecule has 0 saturated heterocycles. The zero-order valence-electron chi connectivity index (χ0n) is 30.6. The molecular formula is C33H71NO6Si2. The molecule has 0 aliphatic carbocycles. The number of nitrogens with two attached hydrogens (primary N) is 1. The molecule has 42 heavy (non-hydrogen) atoms. The SMILES string of the molecule is CC[C@H](C)[C@@H](N)[C@H](CC(=O)O[C@@H](C(C)C)[C@@H](OCOC)[C@@H](C)CO[Si](C)(C)C(C)(C)C)O[Si](C(C)C)(C(C)C)C(C)C. The molecule has 0 aromatic rings. The van der Waals surface area contributed by atoms with E-state index in [1.54, 1.807) is 7.11 Å². The van der Waals surface area contributed by atoms with E-state index in [0.29, 0.717) is 23.2 Å². The lowest BCUT2D eigenvalue weighted by molar-refractivity contribution is -0.181. The number of hydrogen-bond acceptors (Lipinski definition) is 7.